The lowest BCUT2D eigenvalue weighted by Crippen LogP contribution is -2.41. The zero-order chi connectivity index (χ0) is 16.7. The molecule has 4 nitrogen and oxygen atoms in total. The molecule has 0 spiro atoms. The van der Waals surface area contributed by atoms with Crippen LogP contribution in [0.5, 0.6) is 0 Å². The van der Waals surface area contributed by atoms with E-state index >= 15 is 0 Å². The topological polar surface area (TPSA) is 50.7 Å². The Kier molecular flexibility index (Phi) is 4.40. The average Bonchev–Trinajstić information content (AvgIpc) is 2.72. The summed E-state index contributed by atoms with van der Waals surface area (Å²) in [5.41, 5.74) is 3.77. The molecule has 1 aromatic rings. The summed E-state index contributed by atoms with van der Waals surface area (Å²) >= 11 is 0. The highest BCUT2D eigenvalue weighted by Gasteiger charge is 2.52. The third kappa shape index (κ3) is 3.24. The van der Waals surface area contributed by atoms with E-state index < -0.39 is 18.3 Å². The van der Waals surface area contributed by atoms with E-state index in [4.69, 9.17) is 9.31 Å². The zero-order valence-corrected chi connectivity index (χ0v) is 14.5. The van der Waals surface area contributed by atoms with E-state index in [1.165, 1.54) is 11.1 Å². The van der Waals surface area contributed by atoms with E-state index in [1.807, 2.05) is 33.8 Å². The Labute approximate surface area is 139 Å². The molecule has 0 aliphatic carbocycles. The van der Waals surface area contributed by atoms with Crippen LogP contribution < -0.4 is 5.32 Å². The van der Waals surface area contributed by atoms with Crippen molar-refractivity contribution in [2.24, 2.45) is 0 Å². The highest BCUT2D eigenvalue weighted by Crippen LogP contribution is 2.38. The maximum atomic E-state index is 9.79. The molecule has 1 aromatic carbocycles. The van der Waals surface area contributed by atoms with Crippen molar-refractivity contribution in [3.63, 3.8) is 0 Å². The Morgan fingerprint density at radius 2 is 1.91 bits per heavy atom. The summed E-state index contributed by atoms with van der Waals surface area (Å²) in [7, 11) is -0.501. The van der Waals surface area contributed by atoms with Gasteiger partial charge in [0.25, 0.3) is 0 Å². The van der Waals surface area contributed by atoms with Gasteiger partial charge in [0.05, 0.1) is 17.8 Å². The molecular weight excluding hydrogens is 289 g/mol. The van der Waals surface area contributed by atoms with Gasteiger partial charge in [-0.05, 0) is 62.8 Å². The Bertz CT molecular complexity index is 609. The Balaban J connectivity index is 1.85. The number of hydrogen-bond acceptors (Lipinski definition) is 4. The predicted octanol–water partition coefficient (Wildman–Crippen LogP) is 2.34. The molecule has 124 valence electrons. The van der Waals surface area contributed by atoms with Crippen molar-refractivity contribution in [1.29, 1.82) is 0 Å². The van der Waals surface area contributed by atoms with E-state index in [9.17, 15) is 5.11 Å². The molecule has 0 amide bonds. The largest absolute Gasteiger partial charge is 0.492 e. The summed E-state index contributed by atoms with van der Waals surface area (Å²) in [4.78, 5) is 0. The van der Waals surface area contributed by atoms with Crippen molar-refractivity contribution in [1.82, 2.24) is 5.32 Å². The SMILES string of the molecule is CC1(C)OB(C(=Cc2ccc3c(c2)CNCC3)CO)OC1(C)C. The number of hydrogen-bond donors (Lipinski definition) is 2. The molecule has 0 radical (unpaired) electrons. The summed E-state index contributed by atoms with van der Waals surface area (Å²) in [6.07, 6.45) is 3.06. The van der Waals surface area contributed by atoms with Crippen LogP contribution >= 0.6 is 0 Å². The van der Waals surface area contributed by atoms with Crippen molar-refractivity contribution in [3.8, 4) is 0 Å². The van der Waals surface area contributed by atoms with Crippen LogP contribution in [0.25, 0.3) is 6.08 Å². The molecule has 0 saturated carbocycles. The van der Waals surface area contributed by atoms with Crippen LogP contribution in [0.1, 0.15) is 44.4 Å². The summed E-state index contributed by atoms with van der Waals surface area (Å²) in [5.74, 6) is 0. The Morgan fingerprint density at radius 1 is 1.22 bits per heavy atom. The minimum Gasteiger partial charge on any atom is -0.400 e. The fraction of sp³-hybridized carbons (Fsp3) is 0.556. The fourth-order valence-corrected chi connectivity index (χ4v) is 2.99. The van der Waals surface area contributed by atoms with Gasteiger partial charge in [-0.3, -0.25) is 0 Å². The molecule has 23 heavy (non-hydrogen) atoms. The molecule has 2 aliphatic rings. The third-order valence-corrected chi connectivity index (χ3v) is 5.21. The number of aliphatic hydroxyl groups is 1. The zero-order valence-electron chi connectivity index (χ0n) is 14.5. The number of nitrogens with one attached hydrogen (secondary N) is 1. The molecule has 2 N–H and O–H groups in total. The van der Waals surface area contributed by atoms with Gasteiger partial charge in [-0.2, -0.15) is 0 Å². The second kappa shape index (κ2) is 6.06. The van der Waals surface area contributed by atoms with Gasteiger partial charge in [-0.1, -0.05) is 24.3 Å². The number of benzene rings is 1. The molecule has 5 heteroatoms. The number of rotatable bonds is 3. The van der Waals surface area contributed by atoms with Gasteiger partial charge in [0, 0.05) is 6.54 Å². The first kappa shape index (κ1) is 16.7. The van der Waals surface area contributed by atoms with Crippen molar-refractivity contribution in [3.05, 3.63) is 40.4 Å². The van der Waals surface area contributed by atoms with Crippen LogP contribution in [-0.2, 0) is 22.3 Å². The highest BCUT2D eigenvalue weighted by atomic mass is 16.7. The van der Waals surface area contributed by atoms with Crippen LogP contribution in [-0.4, -0.2) is 36.6 Å². The minimum atomic E-state index is -0.501. The molecule has 1 fully saturated rings. The maximum Gasteiger partial charge on any atom is 0.492 e. The molecule has 0 unspecified atom stereocenters. The summed E-state index contributed by atoms with van der Waals surface area (Å²) in [6.45, 7) is 9.95. The van der Waals surface area contributed by atoms with Gasteiger partial charge in [-0.25, -0.2) is 0 Å². The van der Waals surface area contributed by atoms with Gasteiger partial charge in [-0.15, -0.1) is 0 Å². The van der Waals surface area contributed by atoms with Crippen molar-refractivity contribution < 1.29 is 14.4 Å². The maximum absolute atomic E-state index is 9.79. The van der Waals surface area contributed by atoms with Crippen LogP contribution in [0.15, 0.2) is 23.7 Å². The quantitative estimate of drug-likeness (QED) is 0.841. The lowest BCUT2D eigenvalue weighted by molar-refractivity contribution is 0.00578. The molecule has 1 saturated heterocycles. The smallest absolute Gasteiger partial charge is 0.400 e. The van der Waals surface area contributed by atoms with Crippen LogP contribution in [0.2, 0.25) is 0 Å². The van der Waals surface area contributed by atoms with Crippen molar-refractivity contribution >= 4 is 13.2 Å². The first-order chi connectivity index (χ1) is 10.8. The van der Waals surface area contributed by atoms with Gasteiger partial charge < -0.3 is 19.7 Å². The second-order valence-electron chi connectivity index (χ2n) is 7.42. The van der Waals surface area contributed by atoms with Crippen molar-refractivity contribution in [2.45, 2.75) is 51.9 Å². The fourth-order valence-electron chi connectivity index (χ4n) is 2.99. The molecule has 3 rings (SSSR count). The van der Waals surface area contributed by atoms with Crippen LogP contribution in [0.4, 0.5) is 0 Å². The molecular formula is C18H26BNO3. The van der Waals surface area contributed by atoms with E-state index in [2.05, 4.69) is 23.5 Å². The normalized spacial score (nSPS) is 23.0. The molecule has 0 bridgehead atoms. The van der Waals surface area contributed by atoms with Gasteiger partial charge in [0.15, 0.2) is 0 Å². The average molecular weight is 315 g/mol. The lowest BCUT2D eigenvalue weighted by atomic mass is 9.77. The van der Waals surface area contributed by atoms with Gasteiger partial charge >= 0.3 is 7.12 Å². The van der Waals surface area contributed by atoms with E-state index in [-0.39, 0.29) is 6.61 Å². The summed E-state index contributed by atoms with van der Waals surface area (Å²) in [6, 6.07) is 6.47. The van der Waals surface area contributed by atoms with Crippen LogP contribution in [0, 0.1) is 0 Å². The van der Waals surface area contributed by atoms with E-state index in [1.54, 1.807) is 0 Å². The second-order valence-corrected chi connectivity index (χ2v) is 7.42. The first-order valence-corrected chi connectivity index (χ1v) is 8.32. The van der Waals surface area contributed by atoms with E-state index in [0.717, 1.165) is 30.5 Å². The molecule has 2 heterocycles. The van der Waals surface area contributed by atoms with Gasteiger partial charge in [0.2, 0.25) is 0 Å². The van der Waals surface area contributed by atoms with Gasteiger partial charge in [0.1, 0.15) is 0 Å². The Morgan fingerprint density at radius 3 is 2.57 bits per heavy atom. The minimum absolute atomic E-state index is 0.0772. The molecule has 0 aromatic heterocycles. The summed E-state index contributed by atoms with van der Waals surface area (Å²) in [5, 5.41) is 13.2. The predicted molar refractivity (Wildman–Crippen MR) is 93.0 cm³/mol. The standard InChI is InChI=1S/C18H26BNO3/c1-17(2)18(3,4)23-19(22-17)16(12-21)10-13-5-6-14-7-8-20-11-15(14)9-13/h5-6,9-10,20-21H,7-8,11-12H2,1-4H3. The monoisotopic (exact) mass is 315 g/mol. The van der Waals surface area contributed by atoms with Crippen molar-refractivity contribution in [2.75, 3.05) is 13.2 Å². The third-order valence-electron chi connectivity index (χ3n) is 5.21. The number of fused-ring (bicyclic) bond motifs is 1. The Hall–Kier alpha value is -1.14. The molecule has 0 atom stereocenters. The van der Waals surface area contributed by atoms with E-state index in [0.29, 0.717) is 0 Å². The first-order valence-electron chi connectivity index (χ1n) is 8.32. The summed E-state index contributed by atoms with van der Waals surface area (Å²) < 4.78 is 12.1. The highest BCUT2D eigenvalue weighted by molar-refractivity contribution is 6.55. The lowest BCUT2D eigenvalue weighted by Gasteiger charge is -2.32. The van der Waals surface area contributed by atoms with Crippen LogP contribution in [0.3, 0.4) is 0 Å². The molecule has 2 aliphatic heterocycles. The number of aliphatic hydroxyl groups excluding tert-OH is 1.